The number of aryl methyl sites for hydroxylation is 1. The molecule has 3 rings (SSSR count). The molecule has 1 atom stereocenters. The van der Waals surface area contributed by atoms with E-state index < -0.39 is 0 Å². The van der Waals surface area contributed by atoms with Gasteiger partial charge in [0.2, 0.25) is 5.91 Å². The highest BCUT2D eigenvalue weighted by Crippen LogP contribution is 2.22. The highest BCUT2D eigenvalue weighted by atomic mass is 32.1. The Kier molecular flexibility index (Phi) is 6.41. The Morgan fingerprint density at radius 3 is 3.08 bits per heavy atom. The standard InChI is InChI=1S/C20H25N3O2S/c1-15-22-18(14-26-15)13-25-19-6-4-3-5-17(19)7-8-20(24)23-10-9-16(12-23)11-21-2/h3-8,14,16,21H,9-13H2,1-2H3/b8-7+. The maximum absolute atomic E-state index is 12.4. The normalized spacial score (nSPS) is 17.2. The first-order valence-corrected chi connectivity index (χ1v) is 9.78. The molecule has 0 bridgehead atoms. The van der Waals surface area contributed by atoms with Crippen LogP contribution in [0.25, 0.3) is 6.08 Å². The number of aromatic nitrogens is 1. The van der Waals surface area contributed by atoms with Gasteiger partial charge in [0, 0.05) is 30.1 Å². The third-order valence-electron chi connectivity index (χ3n) is 4.46. The second-order valence-corrected chi connectivity index (χ2v) is 7.58. The second kappa shape index (κ2) is 8.96. The van der Waals surface area contributed by atoms with Gasteiger partial charge in [0.05, 0.1) is 10.7 Å². The molecule has 1 aliphatic heterocycles. The van der Waals surface area contributed by atoms with Crippen molar-refractivity contribution in [2.45, 2.75) is 20.0 Å². The van der Waals surface area contributed by atoms with Gasteiger partial charge in [-0.2, -0.15) is 0 Å². The number of carbonyl (C=O) groups excluding carboxylic acids is 1. The van der Waals surface area contributed by atoms with Crippen molar-refractivity contribution in [1.29, 1.82) is 0 Å². The summed E-state index contributed by atoms with van der Waals surface area (Å²) in [7, 11) is 1.95. The Morgan fingerprint density at radius 1 is 1.46 bits per heavy atom. The van der Waals surface area contributed by atoms with Gasteiger partial charge < -0.3 is 15.0 Å². The molecule has 1 amide bonds. The minimum Gasteiger partial charge on any atom is -0.487 e. The summed E-state index contributed by atoms with van der Waals surface area (Å²) < 4.78 is 5.90. The second-order valence-electron chi connectivity index (χ2n) is 6.51. The van der Waals surface area contributed by atoms with Crippen LogP contribution < -0.4 is 10.1 Å². The number of nitrogens with one attached hydrogen (secondary N) is 1. The summed E-state index contributed by atoms with van der Waals surface area (Å²) in [4.78, 5) is 18.8. The maximum Gasteiger partial charge on any atom is 0.246 e. The molecule has 6 heteroatoms. The Labute approximate surface area is 158 Å². The van der Waals surface area contributed by atoms with E-state index in [0.29, 0.717) is 12.5 Å². The maximum atomic E-state index is 12.4. The van der Waals surface area contributed by atoms with Crippen LogP contribution in [0.15, 0.2) is 35.7 Å². The van der Waals surface area contributed by atoms with E-state index in [-0.39, 0.29) is 5.91 Å². The first kappa shape index (κ1) is 18.6. The lowest BCUT2D eigenvalue weighted by Gasteiger charge is -2.14. The van der Waals surface area contributed by atoms with Gasteiger partial charge in [-0.15, -0.1) is 11.3 Å². The molecule has 1 fully saturated rings. The smallest absolute Gasteiger partial charge is 0.246 e. The number of amides is 1. The van der Waals surface area contributed by atoms with E-state index in [1.165, 1.54) is 0 Å². The highest BCUT2D eigenvalue weighted by molar-refractivity contribution is 7.09. The third kappa shape index (κ3) is 4.93. The lowest BCUT2D eigenvalue weighted by atomic mass is 10.1. The summed E-state index contributed by atoms with van der Waals surface area (Å²) >= 11 is 1.62. The van der Waals surface area contributed by atoms with Crippen molar-refractivity contribution in [3.63, 3.8) is 0 Å². The van der Waals surface area contributed by atoms with Crippen LogP contribution in [0.5, 0.6) is 5.75 Å². The summed E-state index contributed by atoms with van der Waals surface area (Å²) in [5.74, 6) is 1.37. The molecular weight excluding hydrogens is 346 g/mol. The number of ether oxygens (including phenoxy) is 1. The molecule has 2 aromatic rings. The molecule has 0 spiro atoms. The van der Waals surface area contributed by atoms with E-state index in [1.54, 1.807) is 17.4 Å². The summed E-state index contributed by atoms with van der Waals surface area (Å²) in [5.41, 5.74) is 1.83. The van der Waals surface area contributed by atoms with Crippen molar-refractivity contribution >= 4 is 23.3 Å². The van der Waals surface area contributed by atoms with Gasteiger partial charge in [-0.25, -0.2) is 4.98 Å². The number of nitrogens with zero attached hydrogens (tertiary/aromatic N) is 2. The van der Waals surface area contributed by atoms with Gasteiger partial charge in [-0.1, -0.05) is 18.2 Å². The van der Waals surface area contributed by atoms with Crippen LogP contribution in [0, 0.1) is 12.8 Å². The van der Waals surface area contributed by atoms with Crippen LogP contribution in [0.2, 0.25) is 0 Å². The molecule has 138 valence electrons. The average Bonchev–Trinajstić information content (AvgIpc) is 3.28. The molecule has 1 saturated heterocycles. The minimum absolute atomic E-state index is 0.0635. The van der Waals surface area contributed by atoms with Crippen molar-refractivity contribution < 1.29 is 9.53 Å². The van der Waals surface area contributed by atoms with Crippen molar-refractivity contribution in [2.75, 3.05) is 26.7 Å². The number of hydrogen-bond donors (Lipinski definition) is 1. The van der Waals surface area contributed by atoms with Crippen LogP contribution in [0.3, 0.4) is 0 Å². The number of thiazole rings is 1. The van der Waals surface area contributed by atoms with Crippen LogP contribution in [0.4, 0.5) is 0 Å². The summed E-state index contributed by atoms with van der Waals surface area (Å²) in [5, 5.41) is 6.22. The number of carbonyl (C=O) groups is 1. The predicted molar refractivity (Wildman–Crippen MR) is 105 cm³/mol. The van der Waals surface area contributed by atoms with E-state index in [4.69, 9.17) is 4.74 Å². The third-order valence-corrected chi connectivity index (χ3v) is 5.28. The zero-order chi connectivity index (χ0) is 18.4. The number of para-hydroxylation sites is 1. The lowest BCUT2D eigenvalue weighted by molar-refractivity contribution is -0.125. The van der Waals surface area contributed by atoms with Gasteiger partial charge in [0.25, 0.3) is 0 Å². The SMILES string of the molecule is CNCC1CCN(C(=O)/C=C/c2ccccc2OCc2csc(C)n2)C1. The topological polar surface area (TPSA) is 54.5 Å². The fraction of sp³-hybridized carbons (Fsp3) is 0.400. The van der Waals surface area contributed by atoms with Crippen molar-refractivity contribution in [1.82, 2.24) is 15.2 Å². The number of rotatable bonds is 7. The quantitative estimate of drug-likeness (QED) is 0.760. The molecule has 1 aliphatic rings. The van der Waals surface area contributed by atoms with Crippen molar-refractivity contribution in [3.05, 3.63) is 52.0 Å². The molecule has 1 unspecified atom stereocenters. The zero-order valence-electron chi connectivity index (χ0n) is 15.3. The van der Waals surface area contributed by atoms with E-state index >= 15 is 0 Å². The van der Waals surface area contributed by atoms with E-state index in [1.807, 2.05) is 54.6 Å². The van der Waals surface area contributed by atoms with Crippen LogP contribution in [-0.4, -0.2) is 42.5 Å². The Balaban J connectivity index is 1.60. The molecule has 0 radical (unpaired) electrons. The fourth-order valence-electron chi connectivity index (χ4n) is 3.13. The number of hydrogen-bond acceptors (Lipinski definition) is 5. The largest absolute Gasteiger partial charge is 0.487 e. The Bertz CT molecular complexity index is 772. The molecule has 0 aliphatic carbocycles. The van der Waals surface area contributed by atoms with E-state index in [2.05, 4.69) is 10.3 Å². The van der Waals surface area contributed by atoms with Gasteiger partial charge in [-0.05, 0) is 45.0 Å². The first-order valence-electron chi connectivity index (χ1n) is 8.90. The summed E-state index contributed by atoms with van der Waals surface area (Å²) in [6.07, 6.45) is 4.56. The molecule has 2 heterocycles. The van der Waals surface area contributed by atoms with Crippen LogP contribution >= 0.6 is 11.3 Å². The molecule has 1 aromatic heterocycles. The monoisotopic (exact) mass is 371 g/mol. The van der Waals surface area contributed by atoms with E-state index in [9.17, 15) is 4.79 Å². The molecule has 1 aromatic carbocycles. The lowest BCUT2D eigenvalue weighted by Crippen LogP contribution is -2.28. The van der Waals surface area contributed by atoms with Gasteiger partial charge in [0.15, 0.2) is 0 Å². The number of benzene rings is 1. The van der Waals surface area contributed by atoms with Gasteiger partial charge >= 0.3 is 0 Å². The summed E-state index contributed by atoms with van der Waals surface area (Å²) in [6.45, 7) is 5.03. The van der Waals surface area contributed by atoms with Gasteiger partial charge in [0.1, 0.15) is 12.4 Å². The molecule has 1 N–H and O–H groups in total. The fourth-order valence-corrected chi connectivity index (χ4v) is 3.73. The molecule has 0 saturated carbocycles. The highest BCUT2D eigenvalue weighted by Gasteiger charge is 2.24. The van der Waals surface area contributed by atoms with E-state index in [0.717, 1.165) is 48.1 Å². The predicted octanol–water partition coefficient (Wildman–Crippen LogP) is 3.11. The van der Waals surface area contributed by atoms with Gasteiger partial charge in [-0.3, -0.25) is 4.79 Å². The van der Waals surface area contributed by atoms with Crippen molar-refractivity contribution in [2.24, 2.45) is 5.92 Å². The molecule has 5 nitrogen and oxygen atoms in total. The average molecular weight is 372 g/mol. The Hall–Kier alpha value is -2.18. The first-order chi connectivity index (χ1) is 12.7. The zero-order valence-corrected chi connectivity index (χ0v) is 16.1. The molecule has 26 heavy (non-hydrogen) atoms. The van der Waals surface area contributed by atoms with Crippen molar-refractivity contribution in [3.8, 4) is 5.75 Å². The molecular formula is C20H25N3O2S. The Morgan fingerprint density at radius 2 is 2.31 bits per heavy atom. The summed E-state index contributed by atoms with van der Waals surface area (Å²) in [6, 6.07) is 7.76. The minimum atomic E-state index is 0.0635. The number of likely N-dealkylation sites (tertiary alicyclic amines) is 1. The van der Waals surface area contributed by atoms with Crippen LogP contribution in [0.1, 0.15) is 22.7 Å². The van der Waals surface area contributed by atoms with Crippen LogP contribution in [-0.2, 0) is 11.4 Å².